The van der Waals surface area contributed by atoms with E-state index in [4.69, 9.17) is 19.3 Å². The number of carbonyl (C=O) groups excluding carboxylic acids is 3. The van der Waals surface area contributed by atoms with Crippen molar-refractivity contribution < 1.29 is 38.5 Å². The molecule has 0 radical (unpaired) electrons. The minimum absolute atomic E-state index is 0.230. The fraction of sp³-hybridized carbons (Fsp3) is 0.333. The summed E-state index contributed by atoms with van der Waals surface area (Å²) < 4.78 is 15.6. The van der Waals surface area contributed by atoms with Gasteiger partial charge in [0.25, 0.3) is 11.8 Å². The zero-order valence-electron chi connectivity index (χ0n) is 25.3. The molecule has 0 saturated carbocycles. The molecule has 2 aliphatic rings. The number of esters is 1. The second-order valence-corrected chi connectivity index (χ2v) is 10.5. The molecule has 5 rings (SSSR count). The number of aliphatic carboxylic acids is 1. The lowest BCUT2D eigenvalue weighted by Crippen LogP contribution is -2.48. The van der Waals surface area contributed by atoms with Crippen molar-refractivity contribution in [3.8, 4) is 11.5 Å². The largest absolute Gasteiger partial charge is 0.497 e. The Bertz CT molecular complexity index is 1470. The van der Waals surface area contributed by atoms with Crippen LogP contribution in [0.5, 0.6) is 11.5 Å². The van der Waals surface area contributed by atoms with Crippen LogP contribution < -0.4 is 20.3 Å². The molecule has 0 spiro atoms. The average molecular weight is 619 g/mol. The molecule has 2 heterocycles. The highest BCUT2D eigenvalue weighted by Gasteiger charge is 2.34. The number of nitrogens with one attached hydrogen (secondary N) is 2. The monoisotopic (exact) mass is 618 g/mol. The van der Waals surface area contributed by atoms with Crippen LogP contribution in [0.3, 0.4) is 0 Å². The number of ether oxygens (including phenoxy) is 3. The van der Waals surface area contributed by atoms with Gasteiger partial charge in [0.05, 0.1) is 14.2 Å². The third-order valence-electron chi connectivity index (χ3n) is 7.44. The van der Waals surface area contributed by atoms with E-state index in [2.05, 4.69) is 10.9 Å². The summed E-state index contributed by atoms with van der Waals surface area (Å²) in [5.41, 5.74) is 7.30. The second-order valence-electron chi connectivity index (χ2n) is 10.5. The van der Waals surface area contributed by atoms with Crippen molar-refractivity contribution in [2.45, 2.75) is 44.4 Å². The van der Waals surface area contributed by atoms with E-state index in [1.807, 2.05) is 30.3 Å². The normalized spacial score (nSPS) is 17.8. The molecule has 3 N–H and O–H groups in total. The fourth-order valence-electron chi connectivity index (χ4n) is 5.05. The predicted octanol–water partition coefficient (Wildman–Crippen LogP) is 3.44. The SMILES string of the molecule is COc1cccc(C(=O)NN2CCC[C@H]2C(=O)O)c1.COc1cccc(C(=O)NN2CCC[C@H]2C(=O)OCc2ccccc2)c1. The highest BCUT2D eigenvalue weighted by atomic mass is 16.5. The van der Waals surface area contributed by atoms with Gasteiger partial charge in [-0.15, -0.1) is 0 Å². The minimum atomic E-state index is -0.913. The number of amides is 2. The van der Waals surface area contributed by atoms with Crippen molar-refractivity contribution in [2.75, 3.05) is 27.3 Å². The number of methoxy groups -OCH3 is 2. The molecule has 238 valence electrons. The molecule has 0 aliphatic carbocycles. The summed E-state index contributed by atoms with van der Waals surface area (Å²) in [7, 11) is 3.08. The Labute approximate surface area is 261 Å². The molecule has 2 saturated heterocycles. The van der Waals surface area contributed by atoms with Gasteiger partial charge in [0.2, 0.25) is 0 Å². The summed E-state index contributed by atoms with van der Waals surface area (Å²) in [5.74, 6) is -0.638. The van der Waals surface area contributed by atoms with Gasteiger partial charge >= 0.3 is 11.9 Å². The molecule has 0 bridgehead atoms. The first-order valence-electron chi connectivity index (χ1n) is 14.7. The van der Waals surface area contributed by atoms with Crippen molar-refractivity contribution in [1.29, 1.82) is 0 Å². The van der Waals surface area contributed by atoms with Gasteiger partial charge in [-0.05, 0) is 67.6 Å². The van der Waals surface area contributed by atoms with E-state index in [-0.39, 0.29) is 24.4 Å². The standard InChI is InChI=1S/C20H22N2O4.C13H16N2O4/c1-25-17-10-5-9-16(13-17)19(23)21-22-12-6-11-18(22)20(24)26-14-15-7-3-2-4-8-15;1-19-10-5-2-4-9(8-10)12(16)14-15-7-3-6-11(15)13(17)18/h2-5,7-10,13,18H,6,11-12,14H2,1H3,(H,21,23);2,4-5,8,11H,3,6-7H2,1H3,(H,14,16)(H,17,18)/t18-;11-/m00/s1. The highest BCUT2D eigenvalue weighted by Crippen LogP contribution is 2.19. The van der Waals surface area contributed by atoms with Gasteiger partial charge in [-0.3, -0.25) is 30.0 Å². The minimum Gasteiger partial charge on any atom is -0.497 e. The highest BCUT2D eigenvalue weighted by molar-refractivity contribution is 5.95. The number of hydrogen-bond donors (Lipinski definition) is 3. The van der Waals surface area contributed by atoms with Crippen molar-refractivity contribution in [1.82, 2.24) is 20.9 Å². The first kappa shape index (κ1) is 33.0. The van der Waals surface area contributed by atoms with Crippen LogP contribution in [-0.2, 0) is 20.9 Å². The number of rotatable bonds is 10. The van der Waals surface area contributed by atoms with Gasteiger partial charge in [-0.25, -0.2) is 10.0 Å². The van der Waals surface area contributed by atoms with Crippen LogP contribution in [0.4, 0.5) is 0 Å². The van der Waals surface area contributed by atoms with E-state index < -0.39 is 18.1 Å². The maximum Gasteiger partial charge on any atom is 0.325 e. The maximum atomic E-state index is 12.5. The Balaban J connectivity index is 0.000000215. The topological polar surface area (TPSA) is 147 Å². The van der Waals surface area contributed by atoms with Crippen molar-refractivity contribution in [2.24, 2.45) is 0 Å². The molecule has 2 aliphatic heterocycles. The summed E-state index contributed by atoms with van der Waals surface area (Å²) in [6, 6.07) is 22.0. The lowest BCUT2D eigenvalue weighted by atomic mass is 10.2. The summed E-state index contributed by atoms with van der Waals surface area (Å²) in [6.07, 6.45) is 2.79. The van der Waals surface area contributed by atoms with E-state index >= 15 is 0 Å². The molecule has 12 heteroatoms. The van der Waals surface area contributed by atoms with Crippen LogP contribution in [0.2, 0.25) is 0 Å². The summed E-state index contributed by atoms with van der Waals surface area (Å²) in [5, 5.41) is 12.2. The van der Waals surface area contributed by atoms with Crippen LogP contribution in [-0.4, -0.2) is 78.3 Å². The lowest BCUT2D eigenvalue weighted by molar-refractivity contribution is -0.151. The van der Waals surface area contributed by atoms with Gasteiger partial charge in [0, 0.05) is 24.2 Å². The number of hydrazine groups is 2. The quantitative estimate of drug-likeness (QED) is 0.289. The number of hydrogen-bond acceptors (Lipinski definition) is 9. The third-order valence-corrected chi connectivity index (χ3v) is 7.44. The Morgan fingerprint density at radius 3 is 1.76 bits per heavy atom. The molecule has 3 aromatic rings. The van der Waals surface area contributed by atoms with E-state index in [1.165, 1.54) is 12.1 Å². The van der Waals surface area contributed by atoms with Crippen molar-refractivity contribution >= 4 is 23.8 Å². The second kappa shape index (κ2) is 16.2. The average Bonchev–Trinajstić information content (AvgIpc) is 3.74. The number of nitrogens with zero attached hydrogens (tertiary/aromatic N) is 2. The molecule has 2 atom stereocenters. The van der Waals surface area contributed by atoms with Crippen LogP contribution in [0.25, 0.3) is 0 Å². The first-order chi connectivity index (χ1) is 21.8. The van der Waals surface area contributed by atoms with Crippen LogP contribution in [0.15, 0.2) is 78.9 Å². The molecule has 45 heavy (non-hydrogen) atoms. The molecule has 3 aromatic carbocycles. The Morgan fingerprint density at radius 1 is 0.733 bits per heavy atom. The molecule has 12 nitrogen and oxygen atoms in total. The number of carboxylic acids is 1. The van der Waals surface area contributed by atoms with Crippen LogP contribution in [0, 0.1) is 0 Å². The zero-order chi connectivity index (χ0) is 32.2. The molecule has 0 aromatic heterocycles. The first-order valence-corrected chi connectivity index (χ1v) is 14.7. The fourth-order valence-corrected chi connectivity index (χ4v) is 5.05. The van der Waals surface area contributed by atoms with Gasteiger partial charge < -0.3 is 19.3 Å². The van der Waals surface area contributed by atoms with Crippen LogP contribution >= 0.6 is 0 Å². The lowest BCUT2D eigenvalue weighted by Gasteiger charge is -2.23. The number of carbonyl (C=O) groups is 4. The predicted molar refractivity (Wildman–Crippen MR) is 164 cm³/mol. The smallest absolute Gasteiger partial charge is 0.325 e. The van der Waals surface area contributed by atoms with E-state index in [1.54, 1.807) is 60.6 Å². The summed E-state index contributed by atoms with van der Waals surface area (Å²) >= 11 is 0. The van der Waals surface area contributed by atoms with E-state index in [9.17, 15) is 19.2 Å². The Hall–Kier alpha value is -4.94. The molecule has 2 fully saturated rings. The van der Waals surface area contributed by atoms with Gasteiger partial charge in [-0.2, -0.15) is 0 Å². The van der Waals surface area contributed by atoms with Crippen LogP contribution in [0.1, 0.15) is 52.0 Å². The molecule has 0 unspecified atom stereocenters. The molecule has 2 amide bonds. The third kappa shape index (κ3) is 9.27. The van der Waals surface area contributed by atoms with Gasteiger partial charge in [0.15, 0.2) is 0 Å². The van der Waals surface area contributed by atoms with E-state index in [0.717, 1.165) is 18.4 Å². The maximum absolute atomic E-state index is 12.5. The number of benzene rings is 3. The van der Waals surface area contributed by atoms with Gasteiger partial charge in [-0.1, -0.05) is 42.5 Å². The summed E-state index contributed by atoms with van der Waals surface area (Å²) in [6.45, 7) is 1.39. The van der Waals surface area contributed by atoms with Gasteiger partial charge in [0.1, 0.15) is 30.2 Å². The Kier molecular flexibility index (Phi) is 11.9. The van der Waals surface area contributed by atoms with Crippen molar-refractivity contribution in [3.63, 3.8) is 0 Å². The Morgan fingerprint density at radius 2 is 1.24 bits per heavy atom. The molecular weight excluding hydrogens is 580 g/mol. The number of carboxylic acid groups (broad SMARTS) is 1. The van der Waals surface area contributed by atoms with Crippen molar-refractivity contribution in [3.05, 3.63) is 95.6 Å². The summed E-state index contributed by atoms with van der Waals surface area (Å²) in [4.78, 5) is 47.9. The zero-order valence-corrected chi connectivity index (χ0v) is 25.3. The molecular formula is C33H38N4O8. The van der Waals surface area contributed by atoms with E-state index in [0.29, 0.717) is 48.6 Å².